The molecule has 0 radical (unpaired) electrons. The van der Waals surface area contributed by atoms with Crippen molar-refractivity contribution in [3.63, 3.8) is 0 Å². The first-order chi connectivity index (χ1) is 7.66. The van der Waals surface area contributed by atoms with E-state index in [1.54, 1.807) is 6.07 Å². The molecule has 0 saturated heterocycles. The lowest BCUT2D eigenvalue weighted by molar-refractivity contribution is 0.116. The molecule has 0 bridgehead atoms. The van der Waals surface area contributed by atoms with E-state index >= 15 is 0 Å². The van der Waals surface area contributed by atoms with E-state index < -0.39 is 6.10 Å². The SMILES string of the molecule is OC1CCCCC1Nc1cc(Cl)ccc1F. The van der Waals surface area contributed by atoms with Crippen molar-refractivity contribution in [3.05, 3.63) is 29.0 Å². The molecular formula is C12H15ClFNO. The fraction of sp³-hybridized carbons (Fsp3) is 0.500. The molecule has 1 aromatic carbocycles. The lowest BCUT2D eigenvalue weighted by Gasteiger charge is -2.29. The second-order valence-electron chi connectivity index (χ2n) is 4.23. The van der Waals surface area contributed by atoms with Crippen molar-refractivity contribution < 1.29 is 9.50 Å². The van der Waals surface area contributed by atoms with Crippen molar-refractivity contribution in [3.8, 4) is 0 Å². The number of benzene rings is 1. The average molecular weight is 244 g/mol. The van der Waals surface area contributed by atoms with Crippen LogP contribution in [0.2, 0.25) is 5.02 Å². The van der Waals surface area contributed by atoms with Crippen molar-refractivity contribution in [1.29, 1.82) is 0 Å². The van der Waals surface area contributed by atoms with Gasteiger partial charge in [-0.05, 0) is 31.0 Å². The van der Waals surface area contributed by atoms with Crippen LogP contribution in [-0.4, -0.2) is 17.3 Å². The zero-order chi connectivity index (χ0) is 11.5. The van der Waals surface area contributed by atoms with Crippen LogP contribution in [0.1, 0.15) is 25.7 Å². The molecule has 1 aliphatic rings. The Bertz CT molecular complexity index is 372. The fourth-order valence-electron chi connectivity index (χ4n) is 2.09. The molecule has 2 atom stereocenters. The van der Waals surface area contributed by atoms with E-state index in [0.29, 0.717) is 10.7 Å². The predicted molar refractivity (Wildman–Crippen MR) is 63.3 cm³/mol. The van der Waals surface area contributed by atoms with Crippen LogP contribution >= 0.6 is 11.6 Å². The summed E-state index contributed by atoms with van der Waals surface area (Å²) in [6.07, 6.45) is 3.36. The van der Waals surface area contributed by atoms with Gasteiger partial charge in [0.15, 0.2) is 0 Å². The summed E-state index contributed by atoms with van der Waals surface area (Å²) in [6.45, 7) is 0. The lowest BCUT2D eigenvalue weighted by atomic mass is 9.92. The number of halogens is 2. The molecular weight excluding hydrogens is 229 g/mol. The first-order valence-electron chi connectivity index (χ1n) is 5.56. The summed E-state index contributed by atoms with van der Waals surface area (Å²) in [6, 6.07) is 4.33. The molecule has 1 saturated carbocycles. The second-order valence-corrected chi connectivity index (χ2v) is 4.66. The zero-order valence-electron chi connectivity index (χ0n) is 8.92. The molecule has 2 nitrogen and oxygen atoms in total. The third-order valence-electron chi connectivity index (χ3n) is 3.00. The Kier molecular flexibility index (Phi) is 3.66. The van der Waals surface area contributed by atoms with Gasteiger partial charge in [0, 0.05) is 5.02 Å². The van der Waals surface area contributed by atoms with E-state index in [-0.39, 0.29) is 11.9 Å². The zero-order valence-corrected chi connectivity index (χ0v) is 9.67. The van der Waals surface area contributed by atoms with E-state index in [1.165, 1.54) is 12.1 Å². The maximum Gasteiger partial charge on any atom is 0.146 e. The molecule has 0 aliphatic heterocycles. The van der Waals surface area contributed by atoms with Gasteiger partial charge in [-0.3, -0.25) is 0 Å². The van der Waals surface area contributed by atoms with Crippen LogP contribution < -0.4 is 5.32 Å². The molecule has 4 heteroatoms. The first kappa shape index (κ1) is 11.7. The van der Waals surface area contributed by atoms with Crippen LogP contribution in [0, 0.1) is 5.82 Å². The van der Waals surface area contributed by atoms with Gasteiger partial charge in [0.1, 0.15) is 5.82 Å². The van der Waals surface area contributed by atoms with Gasteiger partial charge in [-0.25, -0.2) is 4.39 Å². The molecule has 88 valence electrons. The highest BCUT2D eigenvalue weighted by Crippen LogP contribution is 2.25. The number of aliphatic hydroxyl groups excluding tert-OH is 1. The summed E-state index contributed by atoms with van der Waals surface area (Å²) < 4.78 is 13.4. The topological polar surface area (TPSA) is 32.3 Å². The Hall–Kier alpha value is -0.800. The standard InChI is InChI=1S/C12H15ClFNO/c13-8-5-6-9(14)11(7-8)15-10-3-1-2-4-12(10)16/h5-7,10,12,15-16H,1-4H2. The van der Waals surface area contributed by atoms with Gasteiger partial charge in [0.25, 0.3) is 0 Å². The van der Waals surface area contributed by atoms with Crippen molar-refractivity contribution >= 4 is 17.3 Å². The molecule has 1 aromatic rings. The Balaban J connectivity index is 2.10. The van der Waals surface area contributed by atoms with Crippen LogP contribution in [0.25, 0.3) is 0 Å². The molecule has 2 rings (SSSR count). The van der Waals surface area contributed by atoms with Gasteiger partial charge in [-0.2, -0.15) is 0 Å². The van der Waals surface area contributed by atoms with Gasteiger partial charge in [-0.1, -0.05) is 24.4 Å². The maximum absolute atomic E-state index is 13.4. The van der Waals surface area contributed by atoms with Gasteiger partial charge < -0.3 is 10.4 Å². The number of aliphatic hydroxyl groups is 1. The van der Waals surface area contributed by atoms with Gasteiger partial charge in [0.05, 0.1) is 17.8 Å². The monoisotopic (exact) mass is 243 g/mol. The smallest absolute Gasteiger partial charge is 0.146 e. The highest BCUT2D eigenvalue weighted by atomic mass is 35.5. The second kappa shape index (κ2) is 5.02. The Labute approximate surface area is 99.4 Å². The molecule has 16 heavy (non-hydrogen) atoms. The van der Waals surface area contributed by atoms with Crippen LogP contribution in [0.3, 0.4) is 0 Å². The Morgan fingerprint density at radius 3 is 2.81 bits per heavy atom. The number of hydrogen-bond donors (Lipinski definition) is 2. The molecule has 1 fully saturated rings. The number of rotatable bonds is 2. The lowest BCUT2D eigenvalue weighted by Crippen LogP contribution is -2.36. The highest BCUT2D eigenvalue weighted by molar-refractivity contribution is 6.30. The number of anilines is 1. The summed E-state index contributed by atoms with van der Waals surface area (Å²) in [5.74, 6) is -0.331. The molecule has 0 spiro atoms. The number of hydrogen-bond acceptors (Lipinski definition) is 2. The fourth-order valence-corrected chi connectivity index (χ4v) is 2.26. The Morgan fingerprint density at radius 1 is 1.31 bits per heavy atom. The third kappa shape index (κ3) is 2.66. The third-order valence-corrected chi connectivity index (χ3v) is 3.23. The minimum atomic E-state index is -0.396. The van der Waals surface area contributed by atoms with E-state index in [1.807, 2.05) is 0 Å². The summed E-state index contributed by atoms with van der Waals surface area (Å²) in [7, 11) is 0. The van der Waals surface area contributed by atoms with Crippen LogP contribution in [0.5, 0.6) is 0 Å². The van der Waals surface area contributed by atoms with E-state index in [0.717, 1.165) is 25.7 Å². The largest absolute Gasteiger partial charge is 0.391 e. The van der Waals surface area contributed by atoms with Crippen molar-refractivity contribution in [2.45, 2.75) is 37.8 Å². The summed E-state index contributed by atoms with van der Waals surface area (Å²) in [5, 5.41) is 13.3. The summed E-state index contributed by atoms with van der Waals surface area (Å²) in [5.41, 5.74) is 0.374. The minimum Gasteiger partial charge on any atom is -0.391 e. The van der Waals surface area contributed by atoms with E-state index in [4.69, 9.17) is 11.6 Å². The van der Waals surface area contributed by atoms with Crippen molar-refractivity contribution in [1.82, 2.24) is 0 Å². The molecule has 0 heterocycles. The minimum absolute atomic E-state index is 0.0679. The predicted octanol–water partition coefficient (Wildman–Crippen LogP) is 3.19. The average Bonchev–Trinajstić information content (AvgIpc) is 2.27. The van der Waals surface area contributed by atoms with Gasteiger partial charge in [0.2, 0.25) is 0 Å². The molecule has 0 amide bonds. The van der Waals surface area contributed by atoms with Crippen LogP contribution in [-0.2, 0) is 0 Å². The first-order valence-corrected chi connectivity index (χ1v) is 5.94. The van der Waals surface area contributed by atoms with Crippen LogP contribution in [0.4, 0.5) is 10.1 Å². The van der Waals surface area contributed by atoms with Crippen molar-refractivity contribution in [2.75, 3.05) is 5.32 Å². The molecule has 0 aromatic heterocycles. The maximum atomic E-state index is 13.4. The van der Waals surface area contributed by atoms with Gasteiger partial charge >= 0.3 is 0 Å². The normalized spacial score (nSPS) is 25.4. The van der Waals surface area contributed by atoms with Crippen molar-refractivity contribution in [2.24, 2.45) is 0 Å². The molecule has 2 N–H and O–H groups in total. The highest BCUT2D eigenvalue weighted by Gasteiger charge is 2.23. The summed E-state index contributed by atoms with van der Waals surface area (Å²) >= 11 is 5.80. The van der Waals surface area contributed by atoms with E-state index in [9.17, 15) is 9.50 Å². The summed E-state index contributed by atoms with van der Waals surface area (Å²) in [4.78, 5) is 0. The Morgan fingerprint density at radius 2 is 2.06 bits per heavy atom. The quantitative estimate of drug-likeness (QED) is 0.836. The van der Waals surface area contributed by atoms with Gasteiger partial charge in [-0.15, -0.1) is 0 Å². The number of nitrogens with one attached hydrogen (secondary N) is 1. The van der Waals surface area contributed by atoms with E-state index in [2.05, 4.69) is 5.32 Å². The molecule has 1 aliphatic carbocycles. The van der Waals surface area contributed by atoms with Crippen LogP contribution in [0.15, 0.2) is 18.2 Å². The molecule has 2 unspecified atom stereocenters.